The number of carboxylic acid groups (broad SMARTS) is 1. The zero-order chi connectivity index (χ0) is 12.4. The Morgan fingerprint density at radius 1 is 1.65 bits per heavy atom. The van der Waals surface area contributed by atoms with Crippen molar-refractivity contribution in [2.45, 2.75) is 6.42 Å². The van der Waals surface area contributed by atoms with Crippen molar-refractivity contribution in [3.63, 3.8) is 0 Å². The third-order valence-corrected chi connectivity index (χ3v) is 2.66. The molecule has 1 aromatic carbocycles. The van der Waals surface area contributed by atoms with Crippen LogP contribution in [0.15, 0.2) is 23.4 Å². The van der Waals surface area contributed by atoms with Crippen LogP contribution in [0.3, 0.4) is 0 Å². The van der Waals surface area contributed by atoms with Gasteiger partial charge in [0.1, 0.15) is 0 Å². The number of hydrogen-bond acceptors (Lipinski definition) is 4. The predicted octanol–water partition coefficient (Wildman–Crippen LogP) is 0.586. The fourth-order valence-electron chi connectivity index (χ4n) is 1.65. The van der Waals surface area contributed by atoms with Gasteiger partial charge in [0.15, 0.2) is 5.17 Å². The highest BCUT2D eigenvalue weighted by Gasteiger charge is 2.31. The van der Waals surface area contributed by atoms with E-state index >= 15 is 0 Å². The molecule has 0 radical (unpaired) electrons. The molecule has 2 rings (SSSR count). The van der Waals surface area contributed by atoms with Gasteiger partial charge in [0, 0.05) is 18.1 Å². The quantitative estimate of drug-likeness (QED) is 0.800. The second-order valence-electron chi connectivity index (χ2n) is 3.55. The first-order valence-corrected chi connectivity index (χ1v) is 5.26. The molecular formula is C10H9BClNO4. The highest BCUT2D eigenvalue weighted by molar-refractivity contribution is 6.75. The Balaban J connectivity index is 2.41. The van der Waals surface area contributed by atoms with Gasteiger partial charge in [-0.15, -0.1) is 0 Å². The lowest BCUT2D eigenvalue weighted by Gasteiger charge is -2.18. The molecule has 0 aromatic heterocycles. The molecule has 0 atom stereocenters. The molecule has 7 heteroatoms. The van der Waals surface area contributed by atoms with Gasteiger partial charge in [-0.3, -0.25) is 4.79 Å². The van der Waals surface area contributed by atoms with Crippen molar-refractivity contribution in [2.75, 3.05) is 7.11 Å². The molecule has 0 spiro atoms. The van der Waals surface area contributed by atoms with E-state index in [-0.39, 0.29) is 11.6 Å². The second kappa shape index (κ2) is 4.77. The zero-order valence-electron chi connectivity index (χ0n) is 9.01. The molecule has 0 amide bonds. The first-order chi connectivity index (χ1) is 8.11. The summed E-state index contributed by atoms with van der Waals surface area (Å²) in [6.45, 7) is 0. The molecule has 0 saturated carbocycles. The normalized spacial score (nSPS) is 13.8. The zero-order valence-corrected chi connectivity index (χ0v) is 9.77. The SMILES string of the molecule is COB1ON=C(Cl)c2ccc(CC(=O)O)cc21. The fourth-order valence-corrected chi connectivity index (χ4v) is 1.86. The molecule has 1 aliphatic rings. The molecule has 0 fully saturated rings. The molecule has 1 aromatic rings. The minimum Gasteiger partial charge on any atom is -0.481 e. The number of carboxylic acids is 1. The molecular weight excluding hydrogens is 244 g/mol. The number of halogens is 1. The summed E-state index contributed by atoms with van der Waals surface area (Å²) in [5.74, 6) is -0.893. The maximum absolute atomic E-state index is 10.6. The smallest absolute Gasteiger partial charge is 0.481 e. The second-order valence-corrected chi connectivity index (χ2v) is 3.91. The Morgan fingerprint density at radius 2 is 2.41 bits per heavy atom. The average molecular weight is 253 g/mol. The van der Waals surface area contributed by atoms with Crippen molar-refractivity contribution in [1.82, 2.24) is 0 Å². The van der Waals surface area contributed by atoms with Crippen LogP contribution in [-0.4, -0.2) is 30.5 Å². The maximum Gasteiger partial charge on any atom is 0.586 e. The first-order valence-electron chi connectivity index (χ1n) is 4.89. The van der Waals surface area contributed by atoms with Gasteiger partial charge in [-0.25, -0.2) is 0 Å². The number of rotatable bonds is 3. The number of nitrogens with zero attached hydrogens (tertiary/aromatic N) is 1. The molecule has 0 unspecified atom stereocenters. The predicted molar refractivity (Wildman–Crippen MR) is 63.7 cm³/mol. The third-order valence-electron chi connectivity index (χ3n) is 2.39. The maximum atomic E-state index is 10.6. The standard InChI is InChI=1S/C10H9BClNO4/c1-16-11-8-4-6(5-9(14)15)2-3-7(8)10(12)13-17-11/h2-4H,5H2,1H3,(H,14,15). The van der Waals surface area contributed by atoms with Gasteiger partial charge in [0.2, 0.25) is 0 Å². The summed E-state index contributed by atoms with van der Waals surface area (Å²) in [5, 5.41) is 12.6. The van der Waals surface area contributed by atoms with Crippen molar-refractivity contribution in [2.24, 2.45) is 5.16 Å². The van der Waals surface area contributed by atoms with Gasteiger partial charge in [0.25, 0.3) is 0 Å². The van der Waals surface area contributed by atoms with E-state index in [1.54, 1.807) is 18.2 Å². The van der Waals surface area contributed by atoms with Crippen LogP contribution in [0, 0.1) is 0 Å². The lowest BCUT2D eigenvalue weighted by Crippen LogP contribution is -2.41. The number of fused-ring (bicyclic) bond motifs is 1. The lowest BCUT2D eigenvalue weighted by atomic mass is 9.74. The van der Waals surface area contributed by atoms with Gasteiger partial charge in [-0.1, -0.05) is 35.0 Å². The summed E-state index contributed by atoms with van der Waals surface area (Å²) in [6, 6.07) is 5.12. The van der Waals surface area contributed by atoms with Crippen molar-refractivity contribution < 1.29 is 19.3 Å². The molecule has 5 nitrogen and oxygen atoms in total. The molecule has 1 N–H and O–H groups in total. The number of aliphatic carboxylic acids is 1. The molecule has 88 valence electrons. The minimum absolute atomic E-state index is 0.0571. The monoisotopic (exact) mass is 253 g/mol. The van der Waals surface area contributed by atoms with Gasteiger partial charge in [-0.2, -0.15) is 0 Å². The van der Waals surface area contributed by atoms with E-state index in [0.717, 1.165) is 0 Å². The van der Waals surface area contributed by atoms with Crippen molar-refractivity contribution in [3.8, 4) is 0 Å². The van der Waals surface area contributed by atoms with Crippen LogP contribution in [-0.2, 0) is 20.6 Å². The topological polar surface area (TPSA) is 68.1 Å². The van der Waals surface area contributed by atoms with E-state index in [0.29, 0.717) is 16.6 Å². The van der Waals surface area contributed by atoms with Gasteiger partial charge in [0.05, 0.1) is 6.42 Å². The van der Waals surface area contributed by atoms with Crippen LogP contribution in [0.5, 0.6) is 0 Å². The summed E-state index contributed by atoms with van der Waals surface area (Å²) in [4.78, 5) is 10.6. The van der Waals surface area contributed by atoms with Gasteiger partial charge in [-0.05, 0) is 5.56 Å². The number of hydrogen-bond donors (Lipinski definition) is 1. The summed E-state index contributed by atoms with van der Waals surface area (Å²) >= 11 is 5.88. The summed E-state index contributed by atoms with van der Waals surface area (Å²) in [5.41, 5.74) is 2.04. The molecule has 0 saturated heterocycles. The van der Waals surface area contributed by atoms with E-state index in [2.05, 4.69) is 5.16 Å². The fraction of sp³-hybridized carbons (Fsp3) is 0.200. The minimum atomic E-state index is -0.893. The molecule has 0 bridgehead atoms. The Bertz CT molecular complexity index is 491. The first kappa shape index (κ1) is 11.9. The Kier molecular flexibility index (Phi) is 3.35. The largest absolute Gasteiger partial charge is 0.586 e. The lowest BCUT2D eigenvalue weighted by molar-refractivity contribution is -0.136. The van der Waals surface area contributed by atoms with E-state index in [4.69, 9.17) is 26.1 Å². The van der Waals surface area contributed by atoms with Crippen LogP contribution >= 0.6 is 11.6 Å². The van der Waals surface area contributed by atoms with E-state index < -0.39 is 13.1 Å². The molecule has 1 aliphatic heterocycles. The summed E-state index contributed by atoms with van der Waals surface area (Å²) < 4.78 is 10.1. The van der Waals surface area contributed by atoms with Crippen molar-refractivity contribution in [1.29, 1.82) is 0 Å². The van der Waals surface area contributed by atoms with Crippen molar-refractivity contribution >= 4 is 35.3 Å². The Morgan fingerprint density at radius 3 is 3.06 bits per heavy atom. The molecule has 1 heterocycles. The highest BCUT2D eigenvalue weighted by Crippen LogP contribution is 2.13. The van der Waals surface area contributed by atoms with Crippen LogP contribution < -0.4 is 5.46 Å². The number of carbonyl (C=O) groups is 1. The molecule has 17 heavy (non-hydrogen) atoms. The summed E-state index contributed by atoms with van der Waals surface area (Å²) in [7, 11) is 0.828. The summed E-state index contributed by atoms with van der Waals surface area (Å²) in [6.07, 6.45) is -0.0571. The highest BCUT2D eigenvalue weighted by atomic mass is 35.5. The average Bonchev–Trinajstić information content (AvgIpc) is 2.29. The van der Waals surface area contributed by atoms with E-state index in [1.807, 2.05) is 0 Å². The van der Waals surface area contributed by atoms with Gasteiger partial charge >= 0.3 is 13.1 Å². The van der Waals surface area contributed by atoms with Gasteiger partial charge < -0.3 is 14.5 Å². The van der Waals surface area contributed by atoms with E-state index in [1.165, 1.54) is 7.11 Å². The van der Waals surface area contributed by atoms with Crippen LogP contribution in [0.4, 0.5) is 0 Å². The Labute approximate surface area is 103 Å². The van der Waals surface area contributed by atoms with Crippen LogP contribution in [0.2, 0.25) is 0 Å². The van der Waals surface area contributed by atoms with Crippen LogP contribution in [0.1, 0.15) is 11.1 Å². The number of oxime groups is 1. The van der Waals surface area contributed by atoms with E-state index in [9.17, 15) is 4.79 Å². The number of benzene rings is 1. The van der Waals surface area contributed by atoms with Crippen molar-refractivity contribution in [3.05, 3.63) is 29.3 Å². The van der Waals surface area contributed by atoms with Crippen LogP contribution in [0.25, 0.3) is 0 Å². The Hall–Kier alpha value is -1.53. The molecule has 0 aliphatic carbocycles. The third kappa shape index (κ3) is 2.43.